The zero-order valence-electron chi connectivity index (χ0n) is 22.9. The molecule has 0 aliphatic carbocycles. The third-order valence-corrected chi connectivity index (χ3v) is 7.67. The fourth-order valence-corrected chi connectivity index (χ4v) is 5.63. The van der Waals surface area contributed by atoms with Gasteiger partial charge in [0.15, 0.2) is 5.78 Å². The average Bonchev–Trinajstić information content (AvgIpc) is 3.67. The summed E-state index contributed by atoms with van der Waals surface area (Å²) in [5.41, 5.74) is 4.86. The number of Topliss-reactive ketones (excluding diaryl/α,β-unsaturated/α-hetero) is 1. The lowest BCUT2D eigenvalue weighted by Gasteiger charge is -2.27. The van der Waals surface area contributed by atoms with E-state index in [2.05, 4.69) is 40.0 Å². The number of ketones is 1. The number of nitrogens with zero attached hydrogens (tertiary/aromatic N) is 3. The van der Waals surface area contributed by atoms with Gasteiger partial charge in [-0.25, -0.2) is 4.79 Å². The van der Waals surface area contributed by atoms with E-state index >= 15 is 0 Å². The molecule has 2 heterocycles. The molecule has 4 aromatic carbocycles. The SMILES string of the molecule is O=C(c1cn(N(Cc2ccccc2)Cc2ccccc2)c2ccccc12)[C@H]1CCCN1C(=O)OCc1ccccc1. The molecule has 1 atom stereocenters. The topological polar surface area (TPSA) is 54.8 Å². The molecule has 41 heavy (non-hydrogen) atoms. The number of hydrogen-bond donors (Lipinski definition) is 0. The van der Waals surface area contributed by atoms with Crippen molar-refractivity contribution < 1.29 is 14.3 Å². The lowest BCUT2D eigenvalue weighted by Crippen LogP contribution is -2.40. The van der Waals surface area contributed by atoms with Gasteiger partial charge in [0.2, 0.25) is 0 Å². The van der Waals surface area contributed by atoms with Crippen molar-refractivity contribution in [2.24, 2.45) is 0 Å². The Labute approximate surface area is 240 Å². The summed E-state index contributed by atoms with van der Waals surface area (Å²) in [6.45, 7) is 2.04. The molecule has 0 saturated carbocycles. The highest BCUT2D eigenvalue weighted by Gasteiger charge is 2.37. The number of aromatic nitrogens is 1. The van der Waals surface area contributed by atoms with E-state index in [1.165, 1.54) is 11.1 Å². The van der Waals surface area contributed by atoms with E-state index in [0.29, 0.717) is 31.6 Å². The number of benzene rings is 4. The van der Waals surface area contributed by atoms with Crippen LogP contribution >= 0.6 is 0 Å². The molecule has 6 nitrogen and oxygen atoms in total. The first-order valence-corrected chi connectivity index (χ1v) is 14.1. The van der Waals surface area contributed by atoms with E-state index in [1.54, 1.807) is 4.90 Å². The van der Waals surface area contributed by atoms with Gasteiger partial charge in [0.25, 0.3) is 0 Å². The highest BCUT2D eigenvalue weighted by Crippen LogP contribution is 2.29. The van der Waals surface area contributed by atoms with Crippen LogP contribution in [0.25, 0.3) is 10.9 Å². The van der Waals surface area contributed by atoms with Gasteiger partial charge in [0.05, 0.1) is 24.6 Å². The van der Waals surface area contributed by atoms with Gasteiger partial charge < -0.3 is 9.75 Å². The maximum Gasteiger partial charge on any atom is 0.410 e. The molecule has 6 heteroatoms. The van der Waals surface area contributed by atoms with Crippen LogP contribution in [0.15, 0.2) is 121 Å². The van der Waals surface area contributed by atoms with Crippen LogP contribution in [-0.2, 0) is 24.4 Å². The number of ether oxygens (including phenoxy) is 1. The minimum absolute atomic E-state index is 0.0477. The summed E-state index contributed by atoms with van der Waals surface area (Å²) >= 11 is 0. The molecule has 5 aromatic rings. The first-order valence-electron chi connectivity index (χ1n) is 14.1. The van der Waals surface area contributed by atoms with Gasteiger partial charge >= 0.3 is 6.09 Å². The summed E-state index contributed by atoms with van der Waals surface area (Å²) in [5.74, 6) is -0.0477. The van der Waals surface area contributed by atoms with Gasteiger partial charge in [-0.3, -0.25) is 14.4 Å². The van der Waals surface area contributed by atoms with Crippen LogP contribution < -0.4 is 5.01 Å². The minimum atomic E-state index is -0.547. The Hall–Kier alpha value is -4.84. The Morgan fingerprint density at radius 2 is 1.29 bits per heavy atom. The molecule has 1 aliphatic heterocycles. The summed E-state index contributed by atoms with van der Waals surface area (Å²) in [6, 6.07) is 37.8. The molecule has 1 saturated heterocycles. The zero-order chi connectivity index (χ0) is 28.0. The van der Waals surface area contributed by atoms with Gasteiger partial charge in [-0.05, 0) is 35.6 Å². The molecule has 0 N–H and O–H groups in total. The number of para-hydroxylation sites is 1. The number of fused-ring (bicyclic) bond motifs is 1. The van der Waals surface area contributed by atoms with Crippen molar-refractivity contribution in [3.63, 3.8) is 0 Å². The summed E-state index contributed by atoms with van der Waals surface area (Å²) < 4.78 is 7.72. The van der Waals surface area contributed by atoms with E-state index < -0.39 is 12.1 Å². The van der Waals surface area contributed by atoms with Crippen molar-refractivity contribution in [3.05, 3.63) is 144 Å². The largest absolute Gasteiger partial charge is 0.445 e. The third-order valence-electron chi connectivity index (χ3n) is 7.67. The van der Waals surface area contributed by atoms with Crippen LogP contribution in [0.4, 0.5) is 4.79 Å². The Balaban J connectivity index is 1.30. The predicted molar refractivity (Wildman–Crippen MR) is 161 cm³/mol. The number of carbonyl (C=O) groups excluding carboxylic acids is 2. The minimum Gasteiger partial charge on any atom is -0.445 e. The van der Waals surface area contributed by atoms with Crippen LogP contribution in [0, 0.1) is 0 Å². The standard InChI is InChI=1S/C35H33N3O3/c39-34(33-21-12-22-37(33)35(40)41-26-29-17-8-3-9-18-29)31-25-38(32-20-11-10-19-30(31)32)36(23-27-13-4-1-5-14-27)24-28-15-6-2-7-16-28/h1-11,13-20,25,33H,12,21-24,26H2/t33-/m1/s1. The molecule has 0 bridgehead atoms. The number of amides is 1. The molecule has 0 spiro atoms. The van der Waals surface area contributed by atoms with Crippen molar-refractivity contribution in [3.8, 4) is 0 Å². The highest BCUT2D eigenvalue weighted by molar-refractivity contribution is 6.11. The third kappa shape index (κ3) is 5.87. The van der Waals surface area contributed by atoms with Crippen molar-refractivity contribution in [2.45, 2.75) is 38.6 Å². The smallest absolute Gasteiger partial charge is 0.410 e. The molecule has 1 aliphatic rings. The maximum absolute atomic E-state index is 14.1. The summed E-state index contributed by atoms with van der Waals surface area (Å²) in [6.07, 6.45) is 2.90. The van der Waals surface area contributed by atoms with E-state index in [1.807, 2.05) is 91.1 Å². The summed E-state index contributed by atoms with van der Waals surface area (Å²) in [5, 5.41) is 3.14. The fraction of sp³-hybridized carbons (Fsp3) is 0.200. The van der Waals surface area contributed by atoms with E-state index in [4.69, 9.17) is 4.74 Å². The van der Waals surface area contributed by atoms with Crippen LogP contribution in [0.5, 0.6) is 0 Å². The first kappa shape index (κ1) is 26.4. The Morgan fingerprint density at radius 1 is 0.732 bits per heavy atom. The lowest BCUT2D eigenvalue weighted by atomic mass is 10.0. The van der Waals surface area contributed by atoms with Gasteiger partial charge in [-0.15, -0.1) is 0 Å². The monoisotopic (exact) mass is 543 g/mol. The highest BCUT2D eigenvalue weighted by atomic mass is 16.6. The zero-order valence-corrected chi connectivity index (χ0v) is 22.9. The van der Waals surface area contributed by atoms with Gasteiger partial charge in [0.1, 0.15) is 6.61 Å². The van der Waals surface area contributed by atoms with Gasteiger partial charge in [-0.1, -0.05) is 109 Å². The number of hydrogen-bond acceptors (Lipinski definition) is 4. The Bertz CT molecular complexity index is 1570. The molecule has 0 radical (unpaired) electrons. The summed E-state index contributed by atoms with van der Waals surface area (Å²) in [4.78, 5) is 28.8. The lowest BCUT2D eigenvalue weighted by molar-refractivity contribution is 0.0739. The predicted octanol–water partition coefficient (Wildman–Crippen LogP) is 6.96. The molecule has 1 amide bonds. The fourth-order valence-electron chi connectivity index (χ4n) is 5.63. The molecule has 0 unspecified atom stereocenters. The van der Waals surface area contributed by atoms with Crippen LogP contribution in [0.2, 0.25) is 0 Å². The second kappa shape index (κ2) is 12.1. The van der Waals surface area contributed by atoms with Crippen molar-refractivity contribution in [1.82, 2.24) is 9.58 Å². The molecular formula is C35H33N3O3. The number of carbonyl (C=O) groups is 2. The normalized spacial score (nSPS) is 14.7. The summed E-state index contributed by atoms with van der Waals surface area (Å²) in [7, 11) is 0. The second-order valence-electron chi connectivity index (χ2n) is 10.5. The van der Waals surface area contributed by atoms with E-state index in [0.717, 1.165) is 22.9 Å². The van der Waals surface area contributed by atoms with Crippen LogP contribution in [-0.4, -0.2) is 34.0 Å². The molecule has 1 fully saturated rings. The first-order chi connectivity index (χ1) is 20.2. The van der Waals surface area contributed by atoms with Crippen molar-refractivity contribution in [1.29, 1.82) is 0 Å². The Kier molecular flexibility index (Phi) is 7.81. The van der Waals surface area contributed by atoms with E-state index in [-0.39, 0.29) is 12.4 Å². The number of likely N-dealkylation sites (tertiary alicyclic amines) is 1. The second-order valence-corrected chi connectivity index (χ2v) is 10.5. The average molecular weight is 544 g/mol. The maximum atomic E-state index is 14.1. The molecule has 1 aromatic heterocycles. The quantitative estimate of drug-likeness (QED) is 0.189. The van der Waals surface area contributed by atoms with Crippen molar-refractivity contribution in [2.75, 3.05) is 11.6 Å². The Morgan fingerprint density at radius 3 is 1.93 bits per heavy atom. The van der Waals surface area contributed by atoms with Crippen LogP contribution in [0.1, 0.15) is 39.9 Å². The molecule has 206 valence electrons. The van der Waals surface area contributed by atoms with Gasteiger partial charge in [0, 0.05) is 23.7 Å². The van der Waals surface area contributed by atoms with Crippen LogP contribution in [0.3, 0.4) is 0 Å². The number of rotatable bonds is 9. The van der Waals surface area contributed by atoms with E-state index in [9.17, 15) is 9.59 Å². The van der Waals surface area contributed by atoms with Crippen molar-refractivity contribution >= 4 is 22.8 Å². The molecule has 6 rings (SSSR count). The van der Waals surface area contributed by atoms with Gasteiger partial charge in [-0.2, -0.15) is 0 Å². The molecular weight excluding hydrogens is 510 g/mol.